The Morgan fingerprint density at radius 2 is 2.21 bits per heavy atom. The zero-order valence-corrected chi connectivity index (χ0v) is 8.89. The minimum atomic E-state index is -0.158. The summed E-state index contributed by atoms with van der Waals surface area (Å²) in [5, 5.41) is 0.360. The molecule has 0 radical (unpaired) electrons. The third kappa shape index (κ3) is 1.99. The SMILES string of the molecule is CCOc1ccc(Cl)c(C(C)=O)c1N. The maximum absolute atomic E-state index is 11.2. The summed E-state index contributed by atoms with van der Waals surface area (Å²) >= 11 is 5.84. The number of halogens is 1. The summed E-state index contributed by atoms with van der Waals surface area (Å²) in [4.78, 5) is 11.2. The third-order valence-electron chi connectivity index (χ3n) is 1.81. The van der Waals surface area contributed by atoms with Gasteiger partial charge in [-0.2, -0.15) is 0 Å². The van der Waals surface area contributed by atoms with Gasteiger partial charge in [0.25, 0.3) is 0 Å². The number of carbonyl (C=O) groups excluding carboxylic acids is 1. The Balaban J connectivity index is 3.26. The van der Waals surface area contributed by atoms with Gasteiger partial charge in [-0.05, 0) is 26.0 Å². The van der Waals surface area contributed by atoms with E-state index in [9.17, 15) is 4.79 Å². The second-order valence-corrected chi connectivity index (χ2v) is 3.23. The van der Waals surface area contributed by atoms with Crippen molar-refractivity contribution in [3.8, 4) is 5.75 Å². The second kappa shape index (κ2) is 4.33. The average Bonchev–Trinajstić information content (AvgIpc) is 2.10. The van der Waals surface area contributed by atoms with Gasteiger partial charge in [-0.1, -0.05) is 11.6 Å². The second-order valence-electron chi connectivity index (χ2n) is 2.82. The van der Waals surface area contributed by atoms with Gasteiger partial charge in [0.2, 0.25) is 0 Å². The van der Waals surface area contributed by atoms with Crippen molar-refractivity contribution >= 4 is 23.1 Å². The number of benzene rings is 1. The highest BCUT2D eigenvalue weighted by atomic mass is 35.5. The van der Waals surface area contributed by atoms with Crippen LogP contribution in [0.3, 0.4) is 0 Å². The predicted octanol–water partition coefficient (Wildman–Crippen LogP) is 2.52. The van der Waals surface area contributed by atoms with Crippen molar-refractivity contribution < 1.29 is 9.53 Å². The molecule has 14 heavy (non-hydrogen) atoms. The molecule has 0 spiro atoms. The molecule has 1 aromatic carbocycles. The molecule has 0 amide bonds. The Morgan fingerprint density at radius 3 is 2.71 bits per heavy atom. The molecule has 0 fully saturated rings. The molecule has 0 heterocycles. The van der Waals surface area contributed by atoms with Gasteiger partial charge in [0.1, 0.15) is 5.75 Å². The molecule has 4 heteroatoms. The maximum atomic E-state index is 11.2. The molecule has 0 aliphatic carbocycles. The number of hydrogen-bond donors (Lipinski definition) is 1. The van der Waals surface area contributed by atoms with Gasteiger partial charge in [0.05, 0.1) is 22.9 Å². The van der Waals surface area contributed by atoms with E-state index >= 15 is 0 Å². The van der Waals surface area contributed by atoms with Crippen LogP contribution in [0.25, 0.3) is 0 Å². The van der Waals surface area contributed by atoms with Crippen LogP contribution in [0.2, 0.25) is 5.02 Å². The van der Waals surface area contributed by atoms with E-state index < -0.39 is 0 Å². The Hall–Kier alpha value is -1.22. The fraction of sp³-hybridized carbons (Fsp3) is 0.300. The average molecular weight is 214 g/mol. The third-order valence-corrected chi connectivity index (χ3v) is 2.12. The fourth-order valence-electron chi connectivity index (χ4n) is 1.21. The Kier molecular flexibility index (Phi) is 3.36. The van der Waals surface area contributed by atoms with Crippen LogP contribution in [0, 0.1) is 0 Å². The van der Waals surface area contributed by atoms with Crippen molar-refractivity contribution in [3.05, 3.63) is 22.7 Å². The van der Waals surface area contributed by atoms with Crippen molar-refractivity contribution in [1.82, 2.24) is 0 Å². The standard InChI is InChI=1S/C10H12ClNO2/c1-3-14-8-5-4-7(11)9(6(2)13)10(8)12/h4-5H,3,12H2,1-2H3. The van der Waals surface area contributed by atoms with Crippen molar-refractivity contribution in [1.29, 1.82) is 0 Å². The first-order valence-electron chi connectivity index (χ1n) is 4.29. The van der Waals surface area contributed by atoms with E-state index in [0.717, 1.165) is 0 Å². The molecule has 0 aliphatic rings. The number of carbonyl (C=O) groups is 1. The number of rotatable bonds is 3. The molecule has 3 nitrogen and oxygen atoms in total. The summed E-state index contributed by atoms with van der Waals surface area (Å²) in [6, 6.07) is 3.27. The van der Waals surface area contributed by atoms with Gasteiger partial charge in [0, 0.05) is 0 Å². The van der Waals surface area contributed by atoms with E-state index in [4.69, 9.17) is 22.1 Å². The lowest BCUT2D eigenvalue weighted by molar-refractivity contribution is 0.101. The summed E-state index contributed by atoms with van der Waals surface area (Å²) in [5.41, 5.74) is 6.38. The van der Waals surface area contributed by atoms with E-state index in [1.807, 2.05) is 6.92 Å². The number of anilines is 1. The molecule has 0 atom stereocenters. The lowest BCUT2D eigenvalue weighted by Crippen LogP contribution is -2.04. The van der Waals surface area contributed by atoms with Crippen LogP contribution in [0.5, 0.6) is 5.75 Å². The van der Waals surface area contributed by atoms with Crippen LogP contribution in [0.1, 0.15) is 24.2 Å². The quantitative estimate of drug-likeness (QED) is 0.620. The van der Waals surface area contributed by atoms with Crippen LogP contribution in [-0.4, -0.2) is 12.4 Å². The van der Waals surface area contributed by atoms with Gasteiger partial charge >= 0.3 is 0 Å². The van der Waals surface area contributed by atoms with E-state index in [1.165, 1.54) is 6.92 Å². The van der Waals surface area contributed by atoms with Gasteiger partial charge in [-0.25, -0.2) is 0 Å². The largest absolute Gasteiger partial charge is 0.492 e. The minimum Gasteiger partial charge on any atom is -0.492 e. The zero-order valence-electron chi connectivity index (χ0n) is 8.13. The van der Waals surface area contributed by atoms with Crippen molar-refractivity contribution in [2.24, 2.45) is 0 Å². The first-order valence-corrected chi connectivity index (χ1v) is 4.67. The zero-order chi connectivity index (χ0) is 10.7. The normalized spacial score (nSPS) is 9.93. The first kappa shape index (κ1) is 10.9. The van der Waals surface area contributed by atoms with Crippen LogP contribution in [0.15, 0.2) is 12.1 Å². The predicted molar refractivity (Wildman–Crippen MR) is 57.0 cm³/mol. The van der Waals surface area contributed by atoms with Gasteiger partial charge < -0.3 is 10.5 Å². The number of hydrogen-bond acceptors (Lipinski definition) is 3. The summed E-state index contributed by atoms with van der Waals surface area (Å²) in [7, 11) is 0. The highest BCUT2D eigenvalue weighted by Crippen LogP contribution is 2.31. The molecule has 1 aromatic rings. The fourth-order valence-corrected chi connectivity index (χ4v) is 1.51. The lowest BCUT2D eigenvalue weighted by atomic mass is 10.1. The molecule has 0 aliphatic heterocycles. The van der Waals surface area contributed by atoms with Crippen LogP contribution >= 0.6 is 11.6 Å². The molecule has 0 bridgehead atoms. The monoisotopic (exact) mass is 213 g/mol. The lowest BCUT2D eigenvalue weighted by Gasteiger charge is -2.10. The summed E-state index contributed by atoms with van der Waals surface area (Å²) in [5.74, 6) is 0.344. The number of ketones is 1. The molecular formula is C10H12ClNO2. The topological polar surface area (TPSA) is 52.3 Å². The molecule has 0 saturated carbocycles. The van der Waals surface area contributed by atoms with Crippen molar-refractivity contribution in [3.63, 3.8) is 0 Å². The molecule has 0 aromatic heterocycles. The van der Waals surface area contributed by atoms with Crippen molar-refractivity contribution in [2.45, 2.75) is 13.8 Å². The molecule has 2 N–H and O–H groups in total. The molecule has 1 rings (SSSR count). The summed E-state index contributed by atoms with van der Waals surface area (Å²) in [6.45, 7) is 3.78. The van der Waals surface area contributed by atoms with Crippen LogP contribution < -0.4 is 10.5 Å². The number of nitrogens with two attached hydrogens (primary N) is 1. The summed E-state index contributed by atoms with van der Waals surface area (Å²) in [6.07, 6.45) is 0. The van der Waals surface area contributed by atoms with E-state index in [2.05, 4.69) is 0 Å². The van der Waals surface area contributed by atoms with E-state index in [1.54, 1.807) is 12.1 Å². The first-order chi connectivity index (χ1) is 6.57. The van der Waals surface area contributed by atoms with Crippen molar-refractivity contribution in [2.75, 3.05) is 12.3 Å². The maximum Gasteiger partial charge on any atom is 0.163 e. The molecular weight excluding hydrogens is 202 g/mol. The molecule has 0 unspecified atom stereocenters. The molecule has 76 valence electrons. The highest BCUT2D eigenvalue weighted by Gasteiger charge is 2.13. The Morgan fingerprint density at radius 1 is 1.57 bits per heavy atom. The smallest absolute Gasteiger partial charge is 0.163 e. The number of ether oxygens (including phenoxy) is 1. The Labute approximate surface area is 87.8 Å². The van der Waals surface area contributed by atoms with Crippen LogP contribution in [-0.2, 0) is 0 Å². The van der Waals surface area contributed by atoms with Crippen LogP contribution in [0.4, 0.5) is 5.69 Å². The minimum absolute atomic E-state index is 0.158. The van der Waals surface area contributed by atoms with E-state index in [-0.39, 0.29) is 5.78 Å². The van der Waals surface area contributed by atoms with Gasteiger partial charge in [-0.15, -0.1) is 0 Å². The van der Waals surface area contributed by atoms with Gasteiger partial charge in [-0.3, -0.25) is 4.79 Å². The summed E-state index contributed by atoms with van der Waals surface area (Å²) < 4.78 is 5.25. The van der Waals surface area contributed by atoms with Gasteiger partial charge in [0.15, 0.2) is 5.78 Å². The van der Waals surface area contributed by atoms with E-state index in [0.29, 0.717) is 28.6 Å². The Bertz CT molecular complexity index is 363. The molecule has 0 saturated heterocycles. The number of Topliss-reactive ketones (excluding diaryl/α,β-unsaturated/α-hetero) is 1. The number of nitrogen functional groups attached to an aromatic ring is 1. The highest BCUT2D eigenvalue weighted by molar-refractivity contribution is 6.34.